The van der Waals surface area contributed by atoms with E-state index in [4.69, 9.17) is 23.2 Å². The first kappa shape index (κ1) is 15.9. The molecule has 0 aliphatic carbocycles. The molecule has 3 aromatic rings. The number of carbonyl (C=O) groups is 1. The number of nitrogens with one attached hydrogen (secondary N) is 1. The zero-order chi connectivity index (χ0) is 16.4. The summed E-state index contributed by atoms with van der Waals surface area (Å²) in [5.74, 6) is -0.777. The number of rotatable bonds is 3. The molecular formula is C16H9Cl2FN2OS. The van der Waals surface area contributed by atoms with Gasteiger partial charge in [0.05, 0.1) is 14.7 Å². The van der Waals surface area contributed by atoms with E-state index >= 15 is 0 Å². The van der Waals surface area contributed by atoms with Crippen molar-refractivity contribution in [1.29, 1.82) is 0 Å². The van der Waals surface area contributed by atoms with E-state index in [9.17, 15) is 9.18 Å². The van der Waals surface area contributed by atoms with E-state index in [0.29, 0.717) is 19.9 Å². The molecule has 0 fully saturated rings. The maximum absolute atomic E-state index is 13.6. The van der Waals surface area contributed by atoms with Crippen LogP contribution in [0.1, 0.15) is 5.56 Å². The van der Waals surface area contributed by atoms with Crippen LogP contribution in [0.15, 0.2) is 42.5 Å². The molecule has 0 aliphatic heterocycles. The van der Waals surface area contributed by atoms with Gasteiger partial charge in [0.25, 0.3) is 0 Å². The number of hydrogen-bond donors (Lipinski definition) is 1. The third-order valence-corrected chi connectivity index (χ3v) is 4.65. The minimum atomic E-state index is -0.411. The third kappa shape index (κ3) is 3.69. The number of aromatic nitrogens is 1. The first-order valence-corrected chi connectivity index (χ1v) is 8.09. The van der Waals surface area contributed by atoms with Crippen molar-refractivity contribution in [3.63, 3.8) is 0 Å². The van der Waals surface area contributed by atoms with Crippen LogP contribution in [0.25, 0.3) is 16.3 Å². The Bertz CT molecular complexity index is 924. The van der Waals surface area contributed by atoms with Gasteiger partial charge in [-0.25, -0.2) is 9.37 Å². The van der Waals surface area contributed by atoms with Gasteiger partial charge in [-0.1, -0.05) is 46.7 Å². The molecule has 0 unspecified atom stereocenters. The van der Waals surface area contributed by atoms with Crippen LogP contribution < -0.4 is 5.32 Å². The number of amides is 1. The molecule has 23 heavy (non-hydrogen) atoms. The van der Waals surface area contributed by atoms with Crippen LogP contribution in [0.4, 0.5) is 9.52 Å². The molecule has 0 spiro atoms. The first-order chi connectivity index (χ1) is 11.0. The van der Waals surface area contributed by atoms with Crippen molar-refractivity contribution in [2.75, 3.05) is 5.32 Å². The number of benzene rings is 2. The molecule has 7 heteroatoms. The van der Waals surface area contributed by atoms with Gasteiger partial charge in [0.15, 0.2) is 5.13 Å². The zero-order valence-electron chi connectivity index (χ0n) is 11.5. The van der Waals surface area contributed by atoms with Gasteiger partial charge >= 0.3 is 0 Å². The molecule has 2 aromatic carbocycles. The standard InChI is InChI=1S/C16H9Cl2FN2OS/c17-10-6-4-9(8-11(10)18)5-7-14(22)20-16-21-15-12(19)2-1-3-13(15)23-16/h1-8H,(H,20,21,22)/b7-5+. The van der Waals surface area contributed by atoms with Crippen LogP contribution in [0.2, 0.25) is 10.0 Å². The van der Waals surface area contributed by atoms with Gasteiger partial charge in [0, 0.05) is 6.08 Å². The smallest absolute Gasteiger partial charge is 0.250 e. The number of hydrogen-bond acceptors (Lipinski definition) is 3. The van der Waals surface area contributed by atoms with E-state index in [0.717, 1.165) is 5.56 Å². The van der Waals surface area contributed by atoms with Crippen molar-refractivity contribution in [3.05, 3.63) is 63.9 Å². The van der Waals surface area contributed by atoms with Crippen molar-refractivity contribution in [3.8, 4) is 0 Å². The number of thiazole rings is 1. The molecule has 1 amide bonds. The molecule has 0 atom stereocenters. The number of nitrogens with zero attached hydrogens (tertiary/aromatic N) is 1. The van der Waals surface area contributed by atoms with E-state index in [1.165, 1.54) is 23.5 Å². The highest BCUT2D eigenvalue weighted by Crippen LogP contribution is 2.27. The fourth-order valence-corrected chi connectivity index (χ4v) is 3.09. The maximum atomic E-state index is 13.6. The van der Waals surface area contributed by atoms with E-state index in [-0.39, 0.29) is 11.4 Å². The fraction of sp³-hybridized carbons (Fsp3) is 0. The summed E-state index contributed by atoms with van der Waals surface area (Å²) < 4.78 is 14.2. The lowest BCUT2D eigenvalue weighted by atomic mass is 10.2. The molecule has 3 rings (SSSR count). The van der Waals surface area contributed by atoms with Crippen LogP contribution in [0.5, 0.6) is 0 Å². The molecule has 3 nitrogen and oxygen atoms in total. The highest BCUT2D eigenvalue weighted by Gasteiger charge is 2.09. The van der Waals surface area contributed by atoms with Gasteiger partial charge in [-0.15, -0.1) is 0 Å². The van der Waals surface area contributed by atoms with Crippen LogP contribution in [0, 0.1) is 5.82 Å². The maximum Gasteiger partial charge on any atom is 0.250 e. The van der Waals surface area contributed by atoms with Gasteiger partial charge in [-0.05, 0) is 35.9 Å². The molecule has 1 N–H and O–H groups in total. The fourth-order valence-electron chi connectivity index (χ4n) is 1.90. The lowest BCUT2D eigenvalue weighted by Gasteiger charge is -1.98. The van der Waals surface area contributed by atoms with Crippen LogP contribution in [-0.4, -0.2) is 10.9 Å². The second kappa shape index (κ2) is 6.66. The Hall–Kier alpha value is -1.95. The SMILES string of the molecule is O=C(/C=C/c1ccc(Cl)c(Cl)c1)Nc1nc2c(F)cccc2s1. The second-order valence-electron chi connectivity index (χ2n) is 4.60. The number of carbonyl (C=O) groups excluding carboxylic acids is 1. The zero-order valence-corrected chi connectivity index (χ0v) is 13.8. The first-order valence-electron chi connectivity index (χ1n) is 6.52. The van der Waals surface area contributed by atoms with Crippen molar-refractivity contribution >= 4 is 61.9 Å². The summed E-state index contributed by atoms with van der Waals surface area (Å²) >= 11 is 12.9. The molecule has 0 aliphatic rings. The van der Waals surface area contributed by atoms with Crippen molar-refractivity contribution in [2.45, 2.75) is 0 Å². The minimum absolute atomic E-state index is 0.251. The highest BCUT2D eigenvalue weighted by molar-refractivity contribution is 7.22. The number of halogens is 3. The molecule has 1 heterocycles. The topological polar surface area (TPSA) is 42.0 Å². The average Bonchev–Trinajstić information content (AvgIpc) is 2.92. The molecule has 0 radical (unpaired) electrons. The minimum Gasteiger partial charge on any atom is -0.298 e. The van der Waals surface area contributed by atoms with Crippen molar-refractivity contribution in [1.82, 2.24) is 4.98 Å². The third-order valence-electron chi connectivity index (χ3n) is 2.97. The Morgan fingerprint density at radius 1 is 1.22 bits per heavy atom. The summed E-state index contributed by atoms with van der Waals surface area (Å²) in [5.41, 5.74) is 0.992. The lowest BCUT2D eigenvalue weighted by molar-refractivity contribution is -0.111. The van der Waals surface area contributed by atoms with Gasteiger partial charge in [-0.3, -0.25) is 10.1 Å². The Morgan fingerprint density at radius 2 is 2.04 bits per heavy atom. The van der Waals surface area contributed by atoms with E-state index in [2.05, 4.69) is 10.3 Å². The molecule has 0 bridgehead atoms. The van der Waals surface area contributed by atoms with Crippen LogP contribution in [0.3, 0.4) is 0 Å². The second-order valence-corrected chi connectivity index (χ2v) is 6.45. The normalized spacial score (nSPS) is 11.3. The van der Waals surface area contributed by atoms with Gasteiger partial charge in [-0.2, -0.15) is 0 Å². The predicted octanol–water partition coefficient (Wildman–Crippen LogP) is 5.39. The summed E-state index contributed by atoms with van der Waals surface area (Å²) in [6.07, 6.45) is 2.95. The molecular weight excluding hydrogens is 358 g/mol. The molecule has 0 saturated heterocycles. The summed E-state index contributed by atoms with van der Waals surface area (Å²) in [4.78, 5) is 16.0. The van der Waals surface area contributed by atoms with Crippen LogP contribution >= 0.6 is 34.5 Å². The van der Waals surface area contributed by atoms with E-state index in [1.807, 2.05) is 0 Å². The largest absolute Gasteiger partial charge is 0.298 e. The monoisotopic (exact) mass is 366 g/mol. The average molecular weight is 367 g/mol. The lowest BCUT2D eigenvalue weighted by Crippen LogP contribution is -2.07. The summed E-state index contributed by atoms with van der Waals surface area (Å²) in [5, 5.41) is 3.81. The summed E-state index contributed by atoms with van der Waals surface area (Å²) in [7, 11) is 0. The Balaban J connectivity index is 1.74. The number of para-hydroxylation sites is 1. The van der Waals surface area contributed by atoms with Gasteiger partial charge in [0.1, 0.15) is 11.3 Å². The Morgan fingerprint density at radius 3 is 2.78 bits per heavy atom. The van der Waals surface area contributed by atoms with E-state index < -0.39 is 5.82 Å². The van der Waals surface area contributed by atoms with Gasteiger partial charge < -0.3 is 0 Å². The quantitative estimate of drug-likeness (QED) is 0.631. The highest BCUT2D eigenvalue weighted by atomic mass is 35.5. The van der Waals surface area contributed by atoms with Gasteiger partial charge in [0.2, 0.25) is 5.91 Å². The van der Waals surface area contributed by atoms with Crippen molar-refractivity contribution in [2.24, 2.45) is 0 Å². The molecule has 1 aromatic heterocycles. The summed E-state index contributed by atoms with van der Waals surface area (Å²) in [6, 6.07) is 9.73. The molecule has 0 saturated carbocycles. The number of fused-ring (bicyclic) bond motifs is 1. The summed E-state index contributed by atoms with van der Waals surface area (Å²) in [6.45, 7) is 0. The molecule has 116 valence electrons. The van der Waals surface area contributed by atoms with Crippen molar-refractivity contribution < 1.29 is 9.18 Å². The Labute approximate surface area is 145 Å². The predicted molar refractivity (Wildman–Crippen MR) is 93.7 cm³/mol. The number of anilines is 1. The van der Waals surface area contributed by atoms with E-state index in [1.54, 1.807) is 36.4 Å². The van der Waals surface area contributed by atoms with Crippen LogP contribution in [-0.2, 0) is 4.79 Å². The Kier molecular flexibility index (Phi) is 4.61.